The van der Waals surface area contributed by atoms with Crippen LogP contribution in [0.15, 0.2) is 29.6 Å². The maximum absolute atomic E-state index is 5.65. The van der Waals surface area contributed by atoms with E-state index in [1.165, 1.54) is 22.5 Å². The fourth-order valence-corrected chi connectivity index (χ4v) is 2.58. The standard InChI is InChI=1S/C11H11N3S/c12-11-14-9(6-15-11)10-8-4-2-1-3-7(8)5-13-10/h1-4,6,10,13H,5H2,(H2,12,14). The van der Waals surface area contributed by atoms with Crippen LogP contribution in [0.25, 0.3) is 0 Å². The molecule has 3 N–H and O–H groups in total. The number of fused-ring (bicyclic) bond motifs is 1. The van der Waals surface area contributed by atoms with Crippen molar-refractivity contribution in [1.82, 2.24) is 10.3 Å². The first-order valence-electron chi connectivity index (χ1n) is 4.86. The fourth-order valence-electron chi connectivity index (χ4n) is 2.00. The topological polar surface area (TPSA) is 50.9 Å². The maximum Gasteiger partial charge on any atom is 0.180 e. The van der Waals surface area contributed by atoms with Crippen LogP contribution in [0.1, 0.15) is 22.9 Å². The lowest BCUT2D eigenvalue weighted by Gasteiger charge is -2.08. The van der Waals surface area contributed by atoms with Crippen molar-refractivity contribution in [2.75, 3.05) is 5.73 Å². The second-order valence-corrected chi connectivity index (χ2v) is 4.51. The monoisotopic (exact) mass is 217 g/mol. The number of anilines is 1. The molecule has 0 saturated carbocycles. The third-order valence-corrected chi connectivity index (χ3v) is 3.39. The van der Waals surface area contributed by atoms with Crippen molar-refractivity contribution in [1.29, 1.82) is 0 Å². The summed E-state index contributed by atoms with van der Waals surface area (Å²) in [5, 5.41) is 6.10. The Hall–Kier alpha value is -1.39. The number of hydrogen-bond acceptors (Lipinski definition) is 4. The molecule has 0 radical (unpaired) electrons. The highest BCUT2D eigenvalue weighted by Gasteiger charge is 2.24. The van der Waals surface area contributed by atoms with Gasteiger partial charge in [-0.2, -0.15) is 0 Å². The van der Waals surface area contributed by atoms with Gasteiger partial charge in [-0.25, -0.2) is 4.98 Å². The first-order chi connectivity index (χ1) is 7.34. The summed E-state index contributed by atoms with van der Waals surface area (Å²) >= 11 is 1.49. The van der Waals surface area contributed by atoms with Crippen LogP contribution in [-0.2, 0) is 6.54 Å². The number of nitrogens with two attached hydrogens (primary N) is 1. The molecule has 1 aromatic heterocycles. The molecular weight excluding hydrogens is 206 g/mol. The molecule has 0 aliphatic carbocycles. The van der Waals surface area contributed by atoms with E-state index >= 15 is 0 Å². The number of nitrogens with one attached hydrogen (secondary N) is 1. The lowest BCUT2D eigenvalue weighted by atomic mass is 10.0. The Labute approximate surface area is 92.0 Å². The van der Waals surface area contributed by atoms with Crippen molar-refractivity contribution in [2.24, 2.45) is 0 Å². The van der Waals surface area contributed by atoms with Gasteiger partial charge >= 0.3 is 0 Å². The van der Waals surface area contributed by atoms with Crippen LogP contribution in [0.2, 0.25) is 0 Å². The molecule has 1 aliphatic rings. The molecule has 4 heteroatoms. The van der Waals surface area contributed by atoms with Gasteiger partial charge in [-0.05, 0) is 11.1 Å². The first-order valence-corrected chi connectivity index (χ1v) is 5.74. The van der Waals surface area contributed by atoms with Crippen LogP contribution in [0, 0.1) is 0 Å². The smallest absolute Gasteiger partial charge is 0.180 e. The van der Waals surface area contributed by atoms with Gasteiger partial charge in [-0.15, -0.1) is 11.3 Å². The SMILES string of the molecule is Nc1nc(C2NCc3ccccc32)cs1. The van der Waals surface area contributed by atoms with Gasteiger partial charge in [0.15, 0.2) is 5.13 Å². The first kappa shape index (κ1) is 8.88. The second kappa shape index (κ2) is 3.32. The normalized spacial score (nSPS) is 19.1. The van der Waals surface area contributed by atoms with Gasteiger partial charge in [-0.3, -0.25) is 0 Å². The van der Waals surface area contributed by atoms with E-state index in [-0.39, 0.29) is 6.04 Å². The van der Waals surface area contributed by atoms with E-state index in [0.29, 0.717) is 5.13 Å². The number of benzene rings is 1. The summed E-state index contributed by atoms with van der Waals surface area (Å²) in [4.78, 5) is 4.33. The largest absolute Gasteiger partial charge is 0.375 e. The van der Waals surface area contributed by atoms with Gasteiger partial charge in [0.2, 0.25) is 0 Å². The average molecular weight is 217 g/mol. The van der Waals surface area contributed by atoms with E-state index in [1.54, 1.807) is 0 Å². The molecule has 3 nitrogen and oxygen atoms in total. The summed E-state index contributed by atoms with van der Waals surface area (Å²) in [7, 11) is 0. The highest BCUT2D eigenvalue weighted by atomic mass is 32.1. The number of nitrogen functional groups attached to an aromatic ring is 1. The van der Waals surface area contributed by atoms with E-state index in [1.807, 2.05) is 5.38 Å². The molecule has 1 unspecified atom stereocenters. The van der Waals surface area contributed by atoms with Crippen LogP contribution < -0.4 is 11.1 Å². The summed E-state index contributed by atoms with van der Waals surface area (Å²) in [6.45, 7) is 0.915. The third kappa shape index (κ3) is 1.42. The van der Waals surface area contributed by atoms with Gasteiger partial charge in [0, 0.05) is 11.9 Å². The minimum absolute atomic E-state index is 0.217. The molecule has 2 heterocycles. The molecule has 15 heavy (non-hydrogen) atoms. The summed E-state index contributed by atoms with van der Waals surface area (Å²) in [5.74, 6) is 0. The van der Waals surface area contributed by atoms with Gasteiger partial charge in [0.25, 0.3) is 0 Å². The highest BCUT2D eigenvalue weighted by Crippen LogP contribution is 2.31. The Morgan fingerprint density at radius 3 is 3.07 bits per heavy atom. The number of nitrogens with zero attached hydrogens (tertiary/aromatic N) is 1. The molecule has 0 spiro atoms. The van der Waals surface area contributed by atoms with Crippen molar-refractivity contribution < 1.29 is 0 Å². The summed E-state index contributed by atoms with van der Waals surface area (Å²) in [6.07, 6.45) is 0. The molecule has 0 bridgehead atoms. The van der Waals surface area contributed by atoms with Crippen molar-refractivity contribution in [3.63, 3.8) is 0 Å². The third-order valence-electron chi connectivity index (χ3n) is 2.70. The van der Waals surface area contributed by atoms with Crippen LogP contribution in [0.5, 0.6) is 0 Å². The van der Waals surface area contributed by atoms with Crippen LogP contribution in [0.4, 0.5) is 5.13 Å². The van der Waals surface area contributed by atoms with Crippen LogP contribution in [0.3, 0.4) is 0 Å². The number of thiazole rings is 1. The Balaban J connectivity index is 2.04. The number of aromatic nitrogens is 1. The molecule has 0 fully saturated rings. The predicted octanol–water partition coefficient (Wildman–Crippen LogP) is 1.92. The van der Waals surface area contributed by atoms with E-state index in [9.17, 15) is 0 Å². The van der Waals surface area contributed by atoms with E-state index in [0.717, 1.165) is 12.2 Å². The fraction of sp³-hybridized carbons (Fsp3) is 0.182. The predicted molar refractivity (Wildman–Crippen MR) is 61.7 cm³/mol. The minimum atomic E-state index is 0.217. The van der Waals surface area contributed by atoms with Crippen LogP contribution >= 0.6 is 11.3 Å². The maximum atomic E-state index is 5.65. The molecule has 1 aliphatic heterocycles. The molecule has 0 amide bonds. The van der Waals surface area contributed by atoms with Gasteiger partial charge < -0.3 is 11.1 Å². The lowest BCUT2D eigenvalue weighted by Crippen LogP contribution is -2.13. The molecule has 76 valence electrons. The summed E-state index contributed by atoms with van der Waals surface area (Å²) in [5.41, 5.74) is 9.35. The van der Waals surface area contributed by atoms with E-state index in [2.05, 4.69) is 34.6 Å². The Morgan fingerprint density at radius 2 is 2.27 bits per heavy atom. The summed E-state index contributed by atoms with van der Waals surface area (Å²) in [6, 6.07) is 8.65. The molecular formula is C11H11N3S. The van der Waals surface area contributed by atoms with E-state index in [4.69, 9.17) is 5.73 Å². The van der Waals surface area contributed by atoms with Crippen molar-refractivity contribution >= 4 is 16.5 Å². The van der Waals surface area contributed by atoms with E-state index < -0.39 is 0 Å². The average Bonchev–Trinajstić information content (AvgIpc) is 2.83. The van der Waals surface area contributed by atoms with Crippen molar-refractivity contribution in [2.45, 2.75) is 12.6 Å². The minimum Gasteiger partial charge on any atom is -0.375 e. The number of rotatable bonds is 1. The molecule has 2 aromatic rings. The molecule has 1 atom stereocenters. The zero-order valence-electron chi connectivity index (χ0n) is 8.10. The van der Waals surface area contributed by atoms with Crippen LogP contribution in [-0.4, -0.2) is 4.98 Å². The quantitative estimate of drug-likeness (QED) is 0.767. The number of hydrogen-bond donors (Lipinski definition) is 2. The molecule has 3 rings (SSSR count). The lowest BCUT2D eigenvalue weighted by molar-refractivity contribution is 0.654. The zero-order valence-corrected chi connectivity index (χ0v) is 8.92. The van der Waals surface area contributed by atoms with Gasteiger partial charge in [-0.1, -0.05) is 24.3 Å². The van der Waals surface area contributed by atoms with Crippen molar-refractivity contribution in [3.05, 3.63) is 46.5 Å². The van der Waals surface area contributed by atoms with Gasteiger partial charge in [0.1, 0.15) is 0 Å². The molecule has 1 aromatic carbocycles. The van der Waals surface area contributed by atoms with Gasteiger partial charge in [0.05, 0.1) is 11.7 Å². The second-order valence-electron chi connectivity index (χ2n) is 3.62. The Kier molecular flexibility index (Phi) is 1.97. The molecule has 0 saturated heterocycles. The summed E-state index contributed by atoms with van der Waals surface area (Å²) < 4.78 is 0. The van der Waals surface area contributed by atoms with Crippen molar-refractivity contribution in [3.8, 4) is 0 Å². The highest BCUT2D eigenvalue weighted by molar-refractivity contribution is 7.13. The Bertz CT molecular complexity index is 492. The zero-order chi connectivity index (χ0) is 10.3. The Morgan fingerprint density at radius 1 is 1.40 bits per heavy atom.